The predicted octanol–water partition coefficient (Wildman–Crippen LogP) is 13.3. The third-order valence-electron chi connectivity index (χ3n) is 13.2. The molecule has 0 N–H and O–H groups in total. The zero-order valence-electron chi connectivity index (χ0n) is 35.2. The van der Waals surface area contributed by atoms with Crippen LogP contribution in [0.1, 0.15) is 27.8 Å². The summed E-state index contributed by atoms with van der Waals surface area (Å²) in [6.07, 6.45) is 0. The third kappa shape index (κ3) is 5.50. The predicted molar refractivity (Wildman–Crippen MR) is 262 cm³/mol. The number of anilines is 9. The first kappa shape index (κ1) is 36.1. The van der Waals surface area contributed by atoms with Crippen molar-refractivity contribution in [3.05, 3.63) is 204 Å². The number of fused-ring (bicyclic) bond motifs is 1. The molecule has 0 saturated heterocycles. The quantitative estimate of drug-likeness (QED) is 0.160. The molecule has 0 fully saturated rings. The van der Waals surface area contributed by atoms with Gasteiger partial charge in [0.05, 0.1) is 0 Å². The van der Waals surface area contributed by atoms with Gasteiger partial charge in [0.2, 0.25) is 0 Å². The minimum absolute atomic E-state index is 1.20. The molecule has 9 aromatic carbocycles. The minimum atomic E-state index is -2.81. The molecule has 3 aliphatic heterocycles. The molecule has 3 heterocycles. The van der Waals surface area contributed by atoms with Gasteiger partial charge in [-0.05, 0) is 0 Å². The number of rotatable bonds is 5. The number of hydrogen-bond donors (Lipinski definition) is 0. The fourth-order valence-electron chi connectivity index (χ4n) is 10.5. The summed E-state index contributed by atoms with van der Waals surface area (Å²) in [6, 6.07) is 66.7. The van der Waals surface area contributed by atoms with E-state index >= 15 is 0 Å². The first-order chi connectivity index (χ1) is 29.8. The summed E-state index contributed by atoms with van der Waals surface area (Å²) in [5.41, 5.74) is 22.9. The first-order valence-electron chi connectivity index (χ1n) is 21.5. The molecule has 0 amide bonds. The summed E-state index contributed by atoms with van der Waals surface area (Å²) in [5, 5.41) is 2.50. The molecule has 0 unspecified atom stereocenters. The molecular formula is C57H45GeN3. The van der Waals surface area contributed by atoms with Gasteiger partial charge in [-0.1, -0.05) is 18.2 Å². The van der Waals surface area contributed by atoms with Gasteiger partial charge < -0.3 is 0 Å². The van der Waals surface area contributed by atoms with Crippen molar-refractivity contribution < 1.29 is 0 Å². The van der Waals surface area contributed by atoms with Crippen molar-refractivity contribution in [3.63, 3.8) is 0 Å². The number of nitrogens with zero attached hydrogens (tertiary/aromatic N) is 3. The topological polar surface area (TPSA) is 9.72 Å². The van der Waals surface area contributed by atoms with Gasteiger partial charge in [0.1, 0.15) is 0 Å². The Morgan fingerprint density at radius 3 is 1.23 bits per heavy atom. The van der Waals surface area contributed by atoms with Gasteiger partial charge >= 0.3 is 347 Å². The standard InChI is InChI=1S/C57H45GeN3/c1-35-18-22-43(23-19-35)59-49-28-37(3)29-50-55(49)58-56-51(59)30-38(4)32-53(56)61(54-33-39(5)31-52(57(54)58)60(50)44-24-20-36(2)21-25-44)48-27-26-45(46-16-9-10-17-47(46)48)42-15-11-14-41(34-42)40-12-7-6-8-13-40/h6-34,58H,1-5H3. The Kier molecular flexibility index (Phi) is 8.04. The van der Waals surface area contributed by atoms with Crippen LogP contribution in [-0.2, 0) is 0 Å². The zero-order valence-corrected chi connectivity index (χ0v) is 37.6. The summed E-state index contributed by atoms with van der Waals surface area (Å²) in [4.78, 5) is 7.83. The van der Waals surface area contributed by atoms with Crippen LogP contribution in [0.15, 0.2) is 176 Å². The van der Waals surface area contributed by atoms with Crippen molar-refractivity contribution in [1.82, 2.24) is 0 Å². The number of benzene rings is 9. The van der Waals surface area contributed by atoms with Gasteiger partial charge in [0, 0.05) is 0 Å². The van der Waals surface area contributed by atoms with Crippen LogP contribution in [-0.4, -0.2) is 14.3 Å². The SMILES string of the molecule is Cc1ccc(N2c3cc(C)cc4[c]3[GeH]3[c]5c2cc(C)cc5N(c2ccc(-c5cccc(-c6ccccc6)c5)c5ccccc25)c2cc(C)cc([c]23)N4c2ccc(C)cc2)cc1. The van der Waals surface area contributed by atoms with Crippen molar-refractivity contribution in [2.24, 2.45) is 0 Å². The Labute approximate surface area is 362 Å². The molecule has 292 valence electrons. The molecule has 4 heteroatoms. The number of hydrogen-bond acceptors (Lipinski definition) is 3. The molecule has 3 aliphatic rings. The average Bonchev–Trinajstić information content (AvgIpc) is 3.27. The van der Waals surface area contributed by atoms with Crippen LogP contribution in [0, 0.1) is 34.6 Å². The Balaban J connectivity index is 1.16. The Morgan fingerprint density at radius 1 is 0.295 bits per heavy atom. The van der Waals surface area contributed by atoms with Gasteiger partial charge in [0.15, 0.2) is 0 Å². The number of aryl methyl sites for hydroxylation is 5. The summed E-state index contributed by atoms with van der Waals surface area (Å²) >= 11 is -2.81. The average molecular weight is 845 g/mol. The van der Waals surface area contributed by atoms with E-state index in [1.165, 1.54) is 112 Å². The van der Waals surface area contributed by atoms with E-state index in [1.54, 1.807) is 13.2 Å². The monoisotopic (exact) mass is 845 g/mol. The summed E-state index contributed by atoms with van der Waals surface area (Å²) in [5.74, 6) is 0. The zero-order chi connectivity index (χ0) is 41.1. The van der Waals surface area contributed by atoms with Crippen LogP contribution in [0.4, 0.5) is 51.2 Å². The first-order valence-corrected chi connectivity index (χ1v) is 25.1. The molecule has 9 aromatic rings. The maximum atomic E-state index is 2.65. The molecule has 0 bridgehead atoms. The molecule has 0 aliphatic carbocycles. The van der Waals surface area contributed by atoms with Gasteiger partial charge in [0.25, 0.3) is 0 Å². The third-order valence-corrected chi connectivity index (χ3v) is 20.5. The van der Waals surface area contributed by atoms with Crippen molar-refractivity contribution in [2.45, 2.75) is 34.6 Å². The van der Waals surface area contributed by atoms with Gasteiger partial charge in [-0.3, -0.25) is 0 Å². The van der Waals surface area contributed by atoms with Crippen LogP contribution < -0.4 is 27.9 Å². The van der Waals surface area contributed by atoms with Gasteiger partial charge in [-0.2, -0.15) is 0 Å². The summed E-state index contributed by atoms with van der Waals surface area (Å²) in [7, 11) is 0. The second-order valence-electron chi connectivity index (χ2n) is 17.4. The van der Waals surface area contributed by atoms with Crippen molar-refractivity contribution >= 4 is 89.5 Å². The molecule has 0 spiro atoms. The molecule has 0 saturated carbocycles. The van der Waals surface area contributed by atoms with Crippen LogP contribution in [0.25, 0.3) is 33.0 Å². The second-order valence-corrected chi connectivity index (χ2v) is 22.8. The van der Waals surface area contributed by atoms with Crippen molar-refractivity contribution in [2.75, 3.05) is 14.7 Å². The van der Waals surface area contributed by atoms with E-state index in [0.717, 1.165) is 0 Å². The molecular weight excluding hydrogens is 799 g/mol. The van der Waals surface area contributed by atoms with E-state index in [4.69, 9.17) is 0 Å². The maximum absolute atomic E-state index is 2.81. The van der Waals surface area contributed by atoms with E-state index in [9.17, 15) is 0 Å². The van der Waals surface area contributed by atoms with E-state index in [2.05, 4.69) is 225 Å². The summed E-state index contributed by atoms with van der Waals surface area (Å²) in [6.45, 7) is 11.2. The normalized spacial score (nSPS) is 13.5. The fourth-order valence-corrected chi connectivity index (χ4v) is 18.7. The van der Waals surface area contributed by atoms with E-state index < -0.39 is 14.3 Å². The van der Waals surface area contributed by atoms with E-state index in [-0.39, 0.29) is 0 Å². The van der Waals surface area contributed by atoms with Crippen LogP contribution in [0.2, 0.25) is 0 Å². The second kappa shape index (κ2) is 13.6. The molecule has 0 radical (unpaired) electrons. The Morgan fingerprint density at radius 2 is 0.721 bits per heavy atom. The van der Waals surface area contributed by atoms with Crippen molar-refractivity contribution in [3.8, 4) is 22.3 Å². The van der Waals surface area contributed by atoms with Gasteiger partial charge in [-0.25, -0.2) is 0 Å². The van der Waals surface area contributed by atoms with Crippen molar-refractivity contribution in [1.29, 1.82) is 0 Å². The molecule has 0 aromatic heterocycles. The van der Waals surface area contributed by atoms with Crippen LogP contribution in [0.3, 0.4) is 0 Å². The summed E-state index contributed by atoms with van der Waals surface area (Å²) < 4.78 is 4.63. The van der Waals surface area contributed by atoms with Crippen LogP contribution in [0.5, 0.6) is 0 Å². The molecule has 3 nitrogen and oxygen atoms in total. The van der Waals surface area contributed by atoms with Crippen LogP contribution >= 0.6 is 0 Å². The Hall–Kier alpha value is -6.82. The van der Waals surface area contributed by atoms with E-state index in [0.29, 0.717) is 0 Å². The van der Waals surface area contributed by atoms with E-state index in [1.807, 2.05) is 0 Å². The molecule has 61 heavy (non-hydrogen) atoms. The molecule has 0 atom stereocenters. The van der Waals surface area contributed by atoms with Gasteiger partial charge in [-0.15, -0.1) is 0 Å². The molecule has 12 rings (SSSR count). The fraction of sp³-hybridized carbons (Fsp3) is 0.0877. The Bertz CT molecular complexity index is 3130.